The molecule has 0 spiro atoms. The lowest BCUT2D eigenvalue weighted by atomic mass is 9.59. The van der Waals surface area contributed by atoms with Crippen molar-refractivity contribution in [3.8, 4) is 0 Å². The molecule has 8 heteroatoms. The van der Waals surface area contributed by atoms with Crippen molar-refractivity contribution in [3.63, 3.8) is 0 Å². The molecule has 0 aliphatic heterocycles. The van der Waals surface area contributed by atoms with Crippen LogP contribution in [-0.2, 0) is 19.1 Å². The lowest BCUT2D eigenvalue weighted by Gasteiger charge is -2.53. The summed E-state index contributed by atoms with van der Waals surface area (Å²) in [7, 11) is 0. The predicted molar refractivity (Wildman–Crippen MR) is 169 cm³/mol. The zero-order chi connectivity index (χ0) is 32.8. The first-order chi connectivity index (χ1) is 21.3. The van der Waals surface area contributed by atoms with Crippen LogP contribution in [-0.4, -0.2) is 62.6 Å². The normalized spacial score (nSPS) is 36.4. The number of aliphatic hydroxyl groups is 3. The van der Waals surface area contributed by atoms with E-state index in [4.69, 9.17) is 9.47 Å². The van der Waals surface area contributed by atoms with Gasteiger partial charge in [-0.05, 0) is 49.5 Å². The topological polar surface area (TPSA) is 130 Å². The van der Waals surface area contributed by atoms with Gasteiger partial charge in [0.05, 0.1) is 17.8 Å². The fraction of sp³-hybridized carbons (Fsp3) is 0.541. The lowest BCUT2D eigenvalue weighted by molar-refractivity contribution is -0.219. The van der Waals surface area contributed by atoms with Crippen molar-refractivity contribution in [2.24, 2.45) is 29.1 Å². The molecule has 0 heterocycles. The van der Waals surface area contributed by atoms with E-state index in [1.54, 1.807) is 56.3 Å². The molecule has 3 N–H and O–H groups in total. The minimum Gasteiger partial charge on any atom is -0.454 e. The molecule has 0 unspecified atom stereocenters. The second-order valence-corrected chi connectivity index (χ2v) is 13.7. The fourth-order valence-electron chi connectivity index (χ4n) is 8.58. The number of hydrogen-bond acceptors (Lipinski definition) is 8. The minimum absolute atomic E-state index is 0.123. The highest BCUT2D eigenvalue weighted by Crippen LogP contribution is 2.77. The summed E-state index contributed by atoms with van der Waals surface area (Å²) in [5, 5.41) is 35.1. The van der Waals surface area contributed by atoms with Crippen LogP contribution in [0.25, 0.3) is 0 Å². The van der Waals surface area contributed by atoms with E-state index >= 15 is 0 Å². The molecular formula is C37H46O8. The Morgan fingerprint density at radius 1 is 1.04 bits per heavy atom. The first-order valence-corrected chi connectivity index (χ1v) is 16.1. The molecule has 0 aromatic heterocycles. The molecule has 2 fully saturated rings. The first-order valence-electron chi connectivity index (χ1n) is 16.1. The van der Waals surface area contributed by atoms with Gasteiger partial charge in [-0.25, -0.2) is 4.79 Å². The molecule has 0 amide bonds. The van der Waals surface area contributed by atoms with E-state index in [1.807, 2.05) is 26.0 Å². The Labute approximate surface area is 265 Å². The average Bonchev–Trinajstić information content (AvgIpc) is 3.44. The Morgan fingerprint density at radius 2 is 1.73 bits per heavy atom. The van der Waals surface area contributed by atoms with E-state index in [0.717, 1.165) is 12.8 Å². The molecule has 1 aromatic rings. The maximum atomic E-state index is 13.6. The average molecular weight is 619 g/mol. The zero-order valence-electron chi connectivity index (χ0n) is 26.9. The summed E-state index contributed by atoms with van der Waals surface area (Å²) < 4.78 is 12.7. The molecule has 0 radical (unpaired) electrons. The summed E-state index contributed by atoms with van der Waals surface area (Å²) >= 11 is 0. The monoisotopic (exact) mass is 618 g/mol. The Kier molecular flexibility index (Phi) is 8.90. The Balaban J connectivity index is 1.56. The van der Waals surface area contributed by atoms with Crippen molar-refractivity contribution in [2.75, 3.05) is 6.61 Å². The van der Waals surface area contributed by atoms with E-state index in [0.29, 0.717) is 23.1 Å². The number of hydrogen-bond donors (Lipinski definition) is 3. The molecule has 0 bridgehead atoms. The van der Waals surface area contributed by atoms with Gasteiger partial charge < -0.3 is 24.8 Å². The maximum absolute atomic E-state index is 13.6. The van der Waals surface area contributed by atoms with Crippen molar-refractivity contribution in [1.29, 1.82) is 0 Å². The highest BCUT2D eigenvalue weighted by atomic mass is 16.6. The molecule has 4 aliphatic rings. The Bertz CT molecular complexity index is 1450. The van der Waals surface area contributed by atoms with E-state index in [-0.39, 0.29) is 12.8 Å². The van der Waals surface area contributed by atoms with Crippen molar-refractivity contribution >= 4 is 17.7 Å². The van der Waals surface area contributed by atoms with E-state index < -0.39 is 76.3 Å². The summed E-state index contributed by atoms with van der Waals surface area (Å²) in [6.07, 6.45) is 12.6. The van der Waals surface area contributed by atoms with Crippen molar-refractivity contribution in [3.05, 3.63) is 83.5 Å². The third-order valence-electron chi connectivity index (χ3n) is 10.8. The first kappa shape index (κ1) is 33.0. The maximum Gasteiger partial charge on any atom is 0.338 e. The van der Waals surface area contributed by atoms with Crippen molar-refractivity contribution < 1.29 is 39.2 Å². The number of allylic oxidation sites excluding steroid dienone is 4. The number of aliphatic hydroxyl groups excluding tert-OH is 1. The number of carbonyl (C=O) groups is 3. The van der Waals surface area contributed by atoms with E-state index in [2.05, 4.69) is 19.1 Å². The summed E-state index contributed by atoms with van der Waals surface area (Å²) in [6.45, 7) is 8.85. The van der Waals surface area contributed by atoms with Gasteiger partial charge >= 0.3 is 11.9 Å². The molecule has 8 atom stereocenters. The number of Topliss-reactive ketones (excluding diaryl/α,β-unsaturated/α-hetero) is 1. The highest BCUT2D eigenvalue weighted by Gasteiger charge is 2.88. The van der Waals surface area contributed by atoms with Crippen LogP contribution in [0.1, 0.15) is 77.1 Å². The molecular weight excluding hydrogens is 572 g/mol. The van der Waals surface area contributed by atoms with Gasteiger partial charge in [-0.2, -0.15) is 0 Å². The SMILES string of the molecule is CC/C=C\C/C=C\CCC(=O)O[C@@]12[C@H](OC(=O)c3ccccc3)[C@@H](C)[C@@]3(O)[C@@H](C=C(CO)C[C@]4(O)C(=O)C(C)=C[C@@H]34)[C@@H]1C2(C)C. The van der Waals surface area contributed by atoms with Gasteiger partial charge in [-0.1, -0.05) is 82.4 Å². The lowest BCUT2D eigenvalue weighted by Crippen LogP contribution is -2.66. The van der Waals surface area contributed by atoms with Gasteiger partial charge in [0.25, 0.3) is 0 Å². The standard InChI is InChI=1S/C37H46O8/c1-6-7-8-9-10-11-15-18-29(39)45-37-30(34(37,4)5)27-20-25(22-38)21-35(42)28(19-23(2)31(35)40)36(27,43)24(3)32(37)44-33(41)26-16-13-12-14-17-26/h7-8,10-14,16-17,19-20,24,27-28,30,32,38,42-43H,6,9,15,18,21-22H2,1-5H3/b8-7-,11-10-/t24-,27+,28-,30-,32-,35-,36-,37-/m1/s1. The molecule has 0 saturated heterocycles. The number of rotatable bonds is 10. The number of carbonyl (C=O) groups excluding carboxylic acids is 3. The molecule has 2 saturated carbocycles. The number of ketones is 1. The van der Waals surface area contributed by atoms with E-state index in [9.17, 15) is 29.7 Å². The van der Waals surface area contributed by atoms with Gasteiger partial charge in [0, 0.05) is 41.9 Å². The van der Waals surface area contributed by atoms with E-state index in [1.165, 1.54) is 0 Å². The Morgan fingerprint density at radius 3 is 2.40 bits per heavy atom. The van der Waals surface area contributed by atoms with Crippen LogP contribution in [0.15, 0.2) is 77.9 Å². The van der Waals surface area contributed by atoms with Gasteiger partial charge in [0.2, 0.25) is 0 Å². The summed E-state index contributed by atoms with van der Waals surface area (Å²) in [6, 6.07) is 8.49. The number of esters is 2. The third kappa shape index (κ3) is 5.15. The largest absolute Gasteiger partial charge is 0.454 e. The second kappa shape index (κ2) is 12.1. The molecule has 242 valence electrons. The van der Waals surface area contributed by atoms with Crippen molar-refractivity contribution in [1.82, 2.24) is 0 Å². The molecule has 45 heavy (non-hydrogen) atoms. The van der Waals surface area contributed by atoms with Crippen LogP contribution in [0, 0.1) is 29.1 Å². The zero-order valence-corrected chi connectivity index (χ0v) is 26.9. The van der Waals surface area contributed by atoms with Crippen LogP contribution in [0.3, 0.4) is 0 Å². The minimum atomic E-state index is -1.97. The predicted octanol–water partition coefficient (Wildman–Crippen LogP) is 5.04. The van der Waals surface area contributed by atoms with Crippen LogP contribution in [0.5, 0.6) is 0 Å². The van der Waals surface area contributed by atoms with Gasteiger partial charge in [-0.3, -0.25) is 9.59 Å². The van der Waals surface area contributed by atoms with Crippen molar-refractivity contribution in [2.45, 2.75) is 89.6 Å². The fourth-order valence-corrected chi connectivity index (χ4v) is 8.58. The third-order valence-corrected chi connectivity index (χ3v) is 10.8. The summed E-state index contributed by atoms with van der Waals surface area (Å²) in [5.41, 5.74) is -4.74. The van der Waals surface area contributed by atoms with Gasteiger partial charge in [-0.15, -0.1) is 0 Å². The molecule has 4 aliphatic carbocycles. The molecule has 8 nitrogen and oxygen atoms in total. The molecule has 5 rings (SSSR count). The number of fused-ring (bicyclic) bond motifs is 5. The van der Waals surface area contributed by atoms with Crippen LogP contribution < -0.4 is 0 Å². The van der Waals surface area contributed by atoms with Gasteiger partial charge in [0.15, 0.2) is 11.4 Å². The van der Waals surface area contributed by atoms with Crippen LogP contribution in [0.2, 0.25) is 0 Å². The Hall–Kier alpha value is -3.33. The van der Waals surface area contributed by atoms with Gasteiger partial charge in [0.1, 0.15) is 11.7 Å². The highest BCUT2D eigenvalue weighted by molar-refractivity contribution is 6.04. The smallest absolute Gasteiger partial charge is 0.338 e. The molecule has 1 aromatic carbocycles. The number of benzene rings is 1. The van der Waals surface area contributed by atoms with Crippen LogP contribution in [0.4, 0.5) is 0 Å². The van der Waals surface area contributed by atoms with Crippen LogP contribution >= 0.6 is 0 Å². The second-order valence-electron chi connectivity index (χ2n) is 13.7. The summed E-state index contributed by atoms with van der Waals surface area (Å²) in [5.74, 6) is -4.74. The summed E-state index contributed by atoms with van der Waals surface area (Å²) in [4.78, 5) is 40.5. The number of ether oxygens (including phenoxy) is 2. The quantitative estimate of drug-likeness (QED) is 0.246.